The number of hydrogen-bond acceptors (Lipinski definition) is 2. The molecular weight excluding hydrogens is 349 g/mol. The lowest BCUT2D eigenvalue weighted by atomic mass is 10.2. The van der Waals surface area contributed by atoms with E-state index in [0.29, 0.717) is 18.0 Å². The Morgan fingerprint density at radius 1 is 1.35 bits per heavy atom. The van der Waals surface area contributed by atoms with Crippen molar-refractivity contribution in [2.24, 2.45) is 0 Å². The van der Waals surface area contributed by atoms with Crippen LogP contribution in [0.5, 0.6) is 0 Å². The van der Waals surface area contributed by atoms with Gasteiger partial charge in [0, 0.05) is 17.5 Å². The third kappa shape index (κ3) is 3.79. The molecule has 1 aromatic carbocycles. The summed E-state index contributed by atoms with van der Waals surface area (Å²) in [6, 6.07) is 6.91. The van der Waals surface area contributed by atoms with Crippen molar-refractivity contribution >= 4 is 32.6 Å². The highest BCUT2D eigenvalue weighted by Gasteiger charge is 2.22. The molecule has 0 aliphatic carbocycles. The van der Waals surface area contributed by atoms with E-state index in [4.69, 9.17) is 0 Å². The van der Waals surface area contributed by atoms with Gasteiger partial charge in [0.05, 0.1) is 4.90 Å². The van der Waals surface area contributed by atoms with Gasteiger partial charge in [0.1, 0.15) is 0 Å². The van der Waals surface area contributed by atoms with E-state index in [1.165, 1.54) is 4.31 Å². The average Bonchev–Trinajstić information content (AvgIpc) is 2.29. The number of aryl methyl sites for hydroxylation is 1. The average molecular weight is 365 g/mol. The van der Waals surface area contributed by atoms with E-state index in [1.54, 1.807) is 18.2 Å². The van der Waals surface area contributed by atoms with Crippen LogP contribution in [0.4, 0.5) is 0 Å². The van der Waals surface area contributed by atoms with Gasteiger partial charge in [-0.05, 0) is 19.1 Å². The number of alkyl halides is 1. The Morgan fingerprint density at radius 2 is 1.94 bits per heavy atom. The number of benzene rings is 1. The van der Waals surface area contributed by atoms with Crippen molar-refractivity contribution in [1.29, 1.82) is 0 Å². The molecule has 0 unspecified atom stereocenters. The zero-order valence-corrected chi connectivity index (χ0v) is 12.7. The quantitative estimate of drug-likeness (QED) is 0.442. The fraction of sp³-hybridized carbons (Fsp3) is 0.333. The van der Waals surface area contributed by atoms with Crippen molar-refractivity contribution < 1.29 is 8.42 Å². The maximum absolute atomic E-state index is 12.3. The summed E-state index contributed by atoms with van der Waals surface area (Å²) in [5.74, 6) is 0. The molecule has 1 aromatic rings. The monoisotopic (exact) mass is 365 g/mol. The molecule has 0 atom stereocenters. The Kier molecular flexibility index (Phi) is 5.61. The lowest BCUT2D eigenvalue weighted by Gasteiger charge is -2.19. The van der Waals surface area contributed by atoms with Crippen LogP contribution < -0.4 is 0 Å². The third-order valence-corrected chi connectivity index (χ3v) is 4.69. The van der Waals surface area contributed by atoms with Gasteiger partial charge in [0.15, 0.2) is 0 Å². The number of nitrogens with zero attached hydrogens (tertiary/aromatic N) is 1. The summed E-state index contributed by atoms with van der Waals surface area (Å²) in [6.07, 6.45) is 1.61. The summed E-state index contributed by atoms with van der Waals surface area (Å²) in [6.45, 7) is 6.38. The van der Waals surface area contributed by atoms with Crippen LogP contribution in [0.1, 0.15) is 5.56 Å². The lowest BCUT2D eigenvalue weighted by molar-refractivity contribution is 0.464. The predicted molar refractivity (Wildman–Crippen MR) is 79.0 cm³/mol. The van der Waals surface area contributed by atoms with Gasteiger partial charge in [-0.1, -0.05) is 46.4 Å². The molecule has 0 aromatic heterocycles. The number of sulfonamides is 1. The van der Waals surface area contributed by atoms with Gasteiger partial charge in [0.2, 0.25) is 10.0 Å². The molecule has 0 spiro atoms. The molecule has 0 bridgehead atoms. The standard InChI is InChI=1S/C12H16INO2S/c1-3-9-14(10-8-13)17(15,16)12-6-4-11(2)5-7-12/h3-7H,1,8-10H2,2H3. The third-order valence-electron chi connectivity index (χ3n) is 2.33. The second-order valence-electron chi connectivity index (χ2n) is 3.65. The molecule has 17 heavy (non-hydrogen) atoms. The first-order chi connectivity index (χ1) is 8.02. The molecule has 0 N–H and O–H groups in total. The fourth-order valence-corrected chi connectivity index (χ4v) is 3.73. The van der Waals surface area contributed by atoms with Crippen molar-refractivity contribution in [3.8, 4) is 0 Å². The first-order valence-electron chi connectivity index (χ1n) is 5.26. The molecule has 0 saturated heterocycles. The van der Waals surface area contributed by atoms with E-state index in [1.807, 2.05) is 19.1 Å². The maximum atomic E-state index is 12.3. The minimum Gasteiger partial charge on any atom is -0.207 e. The fourth-order valence-electron chi connectivity index (χ4n) is 1.41. The topological polar surface area (TPSA) is 37.4 Å². The van der Waals surface area contributed by atoms with Crippen molar-refractivity contribution in [3.63, 3.8) is 0 Å². The lowest BCUT2D eigenvalue weighted by Crippen LogP contribution is -2.32. The Labute approximate surface area is 117 Å². The Bertz CT molecular complexity index is 468. The predicted octanol–water partition coefficient (Wildman–Crippen LogP) is 2.61. The van der Waals surface area contributed by atoms with Gasteiger partial charge in [-0.15, -0.1) is 6.58 Å². The number of rotatable bonds is 6. The van der Waals surface area contributed by atoms with Gasteiger partial charge >= 0.3 is 0 Å². The molecule has 0 aliphatic heterocycles. The second kappa shape index (κ2) is 6.51. The van der Waals surface area contributed by atoms with Gasteiger partial charge in [-0.3, -0.25) is 0 Å². The van der Waals surface area contributed by atoms with Crippen LogP contribution in [-0.4, -0.2) is 30.2 Å². The Balaban J connectivity index is 3.06. The van der Waals surface area contributed by atoms with Crippen molar-refractivity contribution in [2.45, 2.75) is 11.8 Å². The molecule has 94 valence electrons. The molecule has 3 nitrogen and oxygen atoms in total. The minimum atomic E-state index is -3.38. The highest BCUT2D eigenvalue weighted by Crippen LogP contribution is 2.16. The van der Waals surface area contributed by atoms with Crippen LogP contribution in [0.25, 0.3) is 0 Å². The highest BCUT2D eigenvalue weighted by atomic mass is 127. The van der Waals surface area contributed by atoms with Crippen molar-refractivity contribution in [2.75, 3.05) is 17.5 Å². The van der Waals surface area contributed by atoms with E-state index < -0.39 is 10.0 Å². The largest absolute Gasteiger partial charge is 0.243 e. The zero-order chi connectivity index (χ0) is 12.9. The molecule has 0 amide bonds. The SMILES string of the molecule is C=CCN(CCI)S(=O)(=O)c1ccc(C)cc1. The van der Waals surface area contributed by atoms with E-state index in [9.17, 15) is 8.42 Å². The van der Waals surface area contributed by atoms with Crippen LogP contribution in [0.2, 0.25) is 0 Å². The molecule has 0 radical (unpaired) electrons. The van der Waals surface area contributed by atoms with Gasteiger partial charge in [-0.2, -0.15) is 4.31 Å². The highest BCUT2D eigenvalue weighted by molar-refractivity contribution is 14.1. The molecule has 5 heteroatoms. The van der Waals surface area contributed by atoms with Crippen LogP contribution >= 0.6 is 22.6 Å². The zero-order valence-electron chi connectivity index (χ0n) is 9.77. The molecular formula is C12H16INO2S. The van der Waals surface area contributed by atoms with Gasteiger partial charge in [0.25, 0.3) is 0 Å². The maximum Gasteiger partial charge on any atom is 0.243 e. The Hall–Kier alpha value is -0.400. The summed E-state index contributed by atoms with van der Waals surface area (Å²) >= 11 is 2.17. The van der Waals surface area contributed by atoms with Crippen LogP contribution in [-0.2, 0) is 10.0 Å². The summed E-state index contributed by atoms with van der Waals surface area (Å²) < 4.78 is 26.8. The molecule has 1 rings (SSSR count). The summed E-state index contributed by atoms with van der Waals surface area (Å²) in [4.78, 5) is 0.342. The van der Waals surface area contributed by atoms with Crippen molar-refractivity contribution in [3.05, 3.63) is 42.5 Å². The van der Waals surface area contributed by atoms with Crippen LogP contribution in [0, 0.1) is 6.92 Å². The normalized spacial score (nSPS) is 11.7. The molecule has 0 fully saturated rings. The first kappa shape index (κ1) is 14.7. The van der Waals surface area contributed by atoms with Gasteiger partial charge in [-0.25, -0.2) is 8.42 Å². The minimum absolute atomic E-state index is 0.342. The molecule has 0 heterocycles. The van der Waals surface area contributed by atoms with Crippen molar-refractivity contribution in [1.82, 2.24) is 4.31 Å². The summed E-state index contributed by atoms with van der Waals surface area (Å²) in [7, 11) is -3.38. The smallest absolute Gasteiger partial charge is 0.207 e. The molecule has 0 aliphatic rings. The summed E-state index contributed by atoms with van der Waals surface area (Å²) in [5.41, 5.74) is 1.05. The Morgan fingerprint density at radius 3 is 2.41 bits per heavy atom. The van der Waals surface area contributed by atoms with Crippen LogP contribution in [0.15, 0.2) is 41.8 Å². The number of halogens is 1. The second-order valence-corrected chi connectivity index (χ2v) is 6.67. The van der Waals surface area contributed by atoms with E-state index in [-0.39, 0.29) is 0 Å². The van der Waals surface area contributed by atoms with Crippen LogP contribution in [0.3, 0.4) is 0 Å². The van der Waals surface area contributed by atoms with E-state index in [0.717, 1.165) is 9.99 Å². The van der Waals surface area contributed by atoms with Gasteiger partial charge < -0.3 is 0 Å². The molecule has 0 saturated carbocycles. The first-order valence-corrected chi connectivity index (χ1v) is 8.22. The van der Waals surface area contributed by atoms with E-state index in [2.05, 4.69) is 29.2 Å². The number of hydrogen-bond donors (Lipinski definition) is 0. The summed E-state index contributed by atoms with van der Waals surface area (Å²) in [5, 5.41) is 0. The van der Waals surface area contributed by atoms with E-state index >= 15 is 0 Å².